The van der Waals surface area contributed by atoms with E-state index in [9.17, 15) is 14.4 Å². The quantitative estimate of drug-likeness (QED) is 0.692. The minimum atomic E-state index is -1.27. The second-order valence-corrected chi connectivity index (χ2v) is 4.63. The summed E-state index contributed by atoms with van der Waals surface area (Å²) in [6.07, 6.45) is 1.00. The highest BCUT2D eigenvalue weighted by Gasteiger charge is 2.22. The molecule has 1 aromatic rings. The van der Waals surface area contributed by atoms with Crippen LogP contribution in [0.5, 0.6) is 0 Å². The molecule has 0 spiro atoms. The summed E-state index contributed by atoms with van der Waals surface area (Å²) in [6, 6.07) is -0.104. The van der Waals surface area contributed by atoms with Gasteiger partial charge in [-0.25, -0.2) is 9.59 Å². The van der Waals surface area contributed by atoms with Gasteiger partial charge in [-0.05, 0) is 19.4 Å². The lowest BCUT2D eigenvalue weighted by atomic mass is 10.1. The molecule has 1 unspecified atom stereocenters. The molecule has 8 heteroatoms. The van der Waals surface area contributed by atoms with E-state index in [0.717, 1.165) is 5.56 Å². The average molecular weight is 298 g/mol. The number of urea groups is 1. The summed E-state index contributed by atoms with van der Waals surface area (Å²) in [5, 5.41) is 19.8. The van der Waals surface area contributed by atoms with E-state index in [-0.39, 0.29) is 19.4 Å². The largest absolute Gasteiger partial charge is 0.481 e. The van der Waals surface area contributed by atoms with Crippen molar-refractivity contribution in [3.05, 3.63) is 23.7 Å². The number of carbonyl (C=O) groups is 3. The molecule has 21 heavy (non-hydrogen) atoms. The van der Waals surface area contributed by atoms with Crippen molar-refractivity contribution in [2.75, 3.05) is 7.05 Å². The number of furan rings is 1. The van der Waals surface area contributed by atoms with Gasteiger partial charge in [0.15, 0.2) is 0 Å². The van der Waals surface area contributed by atoms with Crippen LogP contribution in [-0.2, 0) is 16.1 Å². The summed E-state index contributed by atoms with van der Waals surface area (Å²) in [6.45, 7) is 2.02. The van der Waals surface area contributed by atoms with Crippen LogP contribution >= 0.6 is 0 Å². The van der Waals surface area contributed by atoms with Crippen LogP contribution in [0.1, 0.15) is 24.2 Å². The number of nitrogens with one attached hydrogen (secondary N) is 1. The number of carboxylic acids is 2. The Balaban J connectivity index is 2.58. The van der Waals surface area contributed by atoms with Gasteiger partial charge >= 0.3 is 18.0 Å². The summed E-state index contributed by atoms with van der Waals surface area (Å²) in [4.78, 5) is 34.7. The maximum Gasteiger partial charge on any atom is 0.326 e. The van der Waals surface area contributed by atoms with Crippen molar-refractivity contribution in [1.82, 2.24) is 10.2 Å². The SMILES string of the molecule is Cc1occc1CN(C)C(=O)NC(CCC(=O)O)C(=O)O. The number of hydrogen-bond donors (Lipinski definition) is 3. The van der Waals surface area contributed by atoms with E-state index in [1.807, 2.05) is 0 Å². The van der Waals surface area contributed by atoms with Gasteiger partial charge in [-0.3, -0.25) is 4.79 Å². The number of carbonyl (C=O) groups excluding carboxylic acids is 1. The number of aryl methyl sites for hydroxylation is 1. The van der Waals surface area contributed by atoms with Gasteiger partial charge in [0, 0.05) is 19.0 Å². The van der Waals surface area contributed by atoms with Gasteiger partial charge < -0.3 is 24.8 Å². The standard InChI is InChI=1S/C13H18N2O6/c1-8-9(5-6-21-8)7-15(2)13(20)14-10(12(18)19)3-4-11(16)17/h5-6,10H,3-4,7H2,1-2H3,(H,14,20)(H,16,17)(H,18,19). The van der Waals surface area contributed by atoms with E-state index in [4.69, 9.17) is 14.6 Å². The van der Waals surface area contributed by atoms with E-state index in [0.29, 0.717) is 5.76 Å². The molecule has 1 heterocycles. The van der Waals surface area contributed by atoms with Gasteiger partial charge in [0.05, 0.1) is 12.8 Å². The van der Waals surface area contributed by atoms with Crippen LogP contribution in [0.3, 0.4) is 0 Å². The summed E-state index contributed by atoms with van der Waals surface area (Å²) < 4.78 is 5.11. The molecular weight excluding hydrogens is 280 g/mol. The van der Waals surface area contributed by atoms with Crippen LogP contribution in [0.4, 0.5) is 4.79 Å². The maximum atomic E-state index is 11.9. The lowest BCUT2D eigenvalue weighted by Crippen LogP contribution is -2.46. The number of aliphatic carboxylic acids is 2. The second-order valence-electron chi connectivity index (χ2n) is 4.63. The predicted octanol–water partition coefficient (Wildman–Crippen LogP) is 1.05. The first kappa shape index (κ1) is 16.5. The minimum Gasteiger partial charge on any atom is -0.481 e. The van der Waals surface area contributed by atoms with Crippen molar-refractivity contribution in [2.24, 2.45) is 0 Å². The van der Waals surface area contributed by atoms with Crippen molar-refractivity contribution < 1.29 is 29.0 Å². The molecule has 0 aliphatic rings. The maximum absolute atomic E-state index is 11.9. The van der Waals surface area contributed by atoms with Crippen molar-refractivity contribution in [3.63, 3.8) is 0 Å². The molecule has 0 aromatic carbocycles. The van der Waals surface area contributed by atoms with E-state index >= 15 is 0 Å². The number of amides is 2. The number of hydrogen-bond acceptors (Lipinski definition) is 4. The molecule has 0 saturated heterocycles. The van der Waals surface area contributed by atoms with E-state index in [1.165, 1.54) is 18.2 Å². The van der Waals surface area contributed by atoms with Crippen LogP contribution in [0.2, 0.25) is 0 Å². The number of rotatable bonds is 7. The zero-order valence-corrected chi connectivity index (χ0v) is 11.8. The summed E-state index contributed by atoms with van der Waals surface area (Å²) >= 11 is 0. The van der Waals surface area contributed by atoms with Gasteiger partial charge in [0.1, 0.15) is 11.8 Å². The predicted molar refractivity (Wildman–Crippen MR) is 71.7 cm³/mol. The van der Waals surface area contributed by atoms with Gasteiger partial charge in [0.25, 0.3) is 0 Å². The average Bonchev–Trinajstić information content (AvgIpc) is 2.79. The molecule has 2 amide bonds. The van der Waals surface area contributed by atoms with Crippen LogP contribution in [-0.4, -0.2) is 46.2 Å². The van der Waals surface area contributed by atoms with Crippen LogP contribution in [0, 0.1) is 6.92 Å². The molecule has 1 rings (SSSR count). The van der Waals surface area contributed by atoms with Crippen LogP contribution in [0.15, 0.2) is 16.7 Å². The Morgan fingerprint density at radius 2 is 2.05 bits per heavy atom. The number of carboxylic acid groups (broad SMARTS) is 2. The molecule has 8 nitrogen and oxygen atoms in total. The molecule has 0 radical (unpaired) electrons. The Bertz CT molecular complexity index is 524. The molecule has 0 aliphatic carbocycles. The van der Waals surface area contributed by atoms with Crippen molar-refractivity contribution in [1.29, 1.82) is 0 Å². The Morgan fingerprint density at radius 1 is 1.38 bits per heavy atom. The molecule has 0 fully saturated rings. The molecular formula is C13H18N2O6. The first-order chi connectivity index (χ1) is 9.81. The highest BCUT2D eigenvalue weighted by atomic mass is 16.4. The summed E-state index contributed by atoms with van der Waals surface area (Å²) in [7, 11) is 1.51. The van der Waals surface area contributed by atoms with Gasteiger partial charge in [-0.2, -0.15) is 0 Å². The van der Waals surface area contributed by atoms with Crippen molar-refractivity contribution >= 4 is 18.0 Å². The monoisotopic (exact) mass is 298 g/mol. The first-order valence-electron chi connectivity index (χ1n) is 6.30. The molecule has 0 bridgehead atoms. The van der Waals surface area contributed by atoms with Crippen LogP contribution in [0.25, 0.3) is 0 Å². The topological polar surface area (TPSA) is 120 Å². The normalized spacial score (nSPS) is 11.7. The zero-order valence-electron chi connectivity index (χ0n) is 11.8. The molecule has 116 valence electrons. The lowest BCUT2D eigenvalue weighted by molar-refractivity contribution is -0.140. The Hall–Kier alpha value is -2.51. The van der Waals surface area contributed by atoms with E-state index in [2.05, 4.69) is 5.32 Å². The van der Waals surface area contributed by atoms with Gasteiger partial charge in [-0.15, -0.1) is 0 Å². The molecule has 0 aliphatic heterocycles. The third kappa shape index (κ3) is 5.17. The first-order valence-corrected chi connectivity index (χ1v) is 6.30. The third-order valence-corrected chi connectivity index (χ3v) is 2.96. The fourth-order valence-electron chi connectivity index (χ4n) is 1.69. The molecule has 1 atom stereocenters. The van der Waals surface area contributed by atoms with Crippen molar-refractivity contribution in [3.8, 4) is 0 Å². The van der Waals surface area contributed by atoms with E-state index in [1.54, 1.807) is 13.0 Å². The Kier molecular flexibility index (Phi) is 5.77. The van der Waals surface area contributed by atoms with Crippen LogP contribution < -0.4 is 5.32 Å². The molecule has 0 saturated carbocycles. The Labute approximate surface area is 121 Å². The van der Waals surface area contributed by atoms with Gasteiger partial charge in [0.2, 0.25) is 0 Å². The second kappa shape index (κ2) is 7.32. The fourth-order valence-corrected chi connectivity index (χ4v) is 1.69. The zero-order chi connectivity index (χ0) is 16.0. The lowest BCUT2D eigenvalue weighted by Gasteiger charge is -2.21. The smallest absolute Gasteiger partial charge is 0.326 e. The minimum absolute atomic E-state index is 0.172. The highest BCUT2D eigenvalue weighted by molar-refractivity contribution is 5.83. The fraction of sp³-hybridized carbons (Fsp3) is 0.462. The van der Waals surface area contributed by atoms with E-state index < -0.39 is 24.0 Å². The Morgan fingerprint density at radius 3 is 2.52 bits per heavy atom. The molecule has 3 N–H and O–H groups in total. The summed E-state index contributed by atoms with van der Waals surface area (Å²) in [5.41, 5.74) is 0.810. The van der Waals surface area contributed by atoms with Gasteiger partial charge in [-0.1, -0.05) is 0 Å². The molecule has 1 aromatic heterocycles. The highest BCUT2D eigenvalue weighted by Crippen LogP contribution is 2.11. The number of nitrogens with zero attached hydrogens (tertiary/aromatic N) is 1. The summed E-state index contributed by atoms with van der Waals surface area (Å²) in [5.74, 6) is -1.70. The third-order valence-electron chi connectivity index (χ3n) is 2.96. The van der Waals surface area contributed by atoms with Crippen molar-refractivity contribution in [2.45, 2.75) is 32.4 Å².